The Morgan fingerprint density at radius 3 is 2.53 bits per heavy atom. The van der Waals surface area contributed by atoms with Gasteiger partial charge in [-0.05, 0) is 49.8 Å². The fraction of sp³-hybridized carbons (Fsp3) is 0.667. The number of guanidine groups is 1. The molecule has 30 heavy (non-hydrogen) atoms. The second-order valence-corrected chi connectivity index (χ2v) is 9.64. The van der Waals surface area contributed by atoms with Crippen molar-refractivity contribution in [1.29, 1.82) is 0 Å². The van der Waals surface area contributed by atoms with Gasteiger partial charge >= 0.3 is 0 Å². The number of sulfonamides is 1. The first-order valence-corrected chi connectivity index (χ1v) is 12.1. The van der Waals surface area contributed by atoms with E-state index in [4.69, 9.17) is 4.74 Å². The minimum Gasteiger partial charge on any atom is -0.382 e. The Balaban J connectivity index is 0.00000450. The monoisotopic (exact) mass is 552 g/mol. The summed E-state index contributed by atoms with van der Waals surface area (Å²) < 4.78 is 31.5. The molecule has 2 rings (SSSR count). The molecular formula is C21H37IN4O3S. The van der Waals surface area contributed by atoms with Crippen LogP contribution in [0.5, 0.6) is 0 Å². The van der Waals surface area contributed by atoms with E-state index in [1.54, 1.807) is 7.05 Å². The van der Waals surface area contributed by atoms with E-state index in [9.17, 15) is 8.42 Å². The molecular weight excluding hydrogens is 515 g/mol. The Labute approximate surface area is 198 Å². The molecule has 1 fully saturated rings. The van der Waals surface area contributed by atoms with E-state index in [0.717, 1.165) is 43.3 Å². The molecule has 7 nitrogen and oxygen atoms in total. The molecule has 0 amide bonds. The lowest BCUT2D eigenvalue weighted by Gasteiger charge is -2.30. The van der Waals surface area contributed by atoms with Gasteiger partial charge in [-0.15, -0.1) is 24.0 Å². The average Bonchev–Trinajstić information content (AvgIpc) is 3.17. The Hall–Kier alpha value is -0.910. The number of halogens is 1. The van der Waals surface area contributed by atoms with Crippen LogP contribution in [0, 0.1) is 5.41 Å². The molecule has 0 atom stereocenters. The highest BCUT2D eigenvalue weighted by Gasteiger charge is 2.33. The maximum absolute atomic E-state index is 11.8. The molecule has 0 saturated heterocycles. The summed E-state index contributed by atoms with van der Waals surface area (Å²) in [5, 5.41) is 6.83. The minimum atomic E-state index is -3.28. The van der Waals surface area contributed by atoms with Crippen LogP contribution in [0.4, 0.5) is 0 Å². The average molecular weight is 553 g/mol. The lowest BCUT2D eigenvalue weighted by molar-refractivity contribution is 0.105. The summed E-state index contributed by atoms with van der Waals surface area (Å²) in [7, 11) is -0.0736. The third kappa shape index (κ3) is 9.07. The largest absolute Gasteiger partial charge is 0.382 e. The van der Waals surface area contributed by atoms with Crippen molar-refractivity contribution in [2.45, 2.75) is 51.3 Å². The summed E-state index contributed by atoms with van der Waals surface area (Å²) in [6.07, 6.45) is 6.09. The van der Waals surface area contributed by atoms with Gasteiger partial charge in [0.15, 0.2) is 5.96 Å². The summed E-state index contributed by atoms with van der Waals surface area (Å²) >= 11 is 0. The maximum Gasteiger partial charge on any atom is 0.215 e. The van der Waals surface area contributed by atoms with Crippen LogP contribution in [0.1, 0.15) is 50.2 Å². The highest BCUT2D eigenvalue weighted by molar-refractivity contribution is 14.0. The molecule has 0 aliphatic heterocycles. The van der Waals surface area contributed by atoms with Crippen LogP contribution < -0.4 is 15.4 Å². The summed E-state index contributed by atoms with van der Waals surface area (Å²) in [5.74, 6) is 0.744. The second kappa shape index (κ2) is 13.5. The predicted octanol–water partition coefficient (Wildman–Crippen LogP) is 3.01. The Morgan fingerprint density at radius 2 is 1.90 bits per heavy atom. The fourth-order valence-electron chi connectivity index (χ4n) is 3.87. The van der Waals surface area contributed by atoms with Gasteiger partial charge in [0.2, 0.25) is 10.0 Å². The van der Waals surface area contributed by atoms with Crippen LogP contribution >= 0.6 is 24.0 Å². The highest BCUT2D eigenvalue weighted by Crippen LogP contribution is 2.40. The molecule has 0 unspecified atom stereocenters. The van der Waals surface area contributed by atoms with E-state index >= 15 is 0 Å². The summed E-state index contributed by atoms with van der Waals surface area (Å²) in [5.41, 5.74) is 2.07. The molecule has 1 aromatic rings. The van der Waals surface area contributed by atoms with Crippen LogP contribution in [0.2, 0.25) is 0 Å². The molecule has 1 aromatic carbocycles. The van der Waals surface area contributed by atoms with Gasteiger partial charge < -0.3 is 15.4 Å². The van der Waals surface area contributed by atoms with Crippen LogP contribution in [-0.2, 0) is 27.1 Å². The van der Waals surface area contributed by atoms with Gasteiger partial charge in [-0.1, -0.05) is 37.1 Å². The smallest absolute Gasteiger partial charge is 0.215 e. The van der Waals surface area contributed by atoms with Crippen LogP contribution in [-0.4, -0.2) is 48.2 Å². The minimum absolute atomic E-state index is 0. The van der Waals surface area contributed by atoms with Gasteiger partial charge in [-0.3, -0.25) is 4.99 Å². The van der Waals surface area contributed by atoms with Crippen molar-refractivity contribution in [2.24, 2.45) is 10.4 Å². The summed E-state index contributed by atoms with van der Waals surface area (Å²) in [4.78, 5) is 4.34. The van der Waals surface area contributed by atoms with Gasteiger partial charge in [-0.25, -0.2) is 13.1 Å². The van der Waals surface area contributed by atoms with E-state index in [1.807, 2.05) is 31.2 Å². The topological polar surface area (TPSA) is 91.8 Å². The van der Waals surface area contributed by atoms with Gasteiger partial charge in [0, 0.05) is 33.4 Å². The zero-order valence-electron chi connectivity index (χ0n) is 18.4. The Kier molecular flexibility index (Phi) is 12.2. The first-order valence-electron chi connectivity index (χ1n) is 10.4. The molecule has 0 aromatic heterocycles. The second-order valence-electron chi connectivity index (χ2n) is 7.72. The first-order chi connectivity index (χ1) is 13.9. The number of benzene rings is 1. The number of hydrogen-bond donors (Lipinski definition) is 3. The fourth-order valence-corrected chi connectivity index (χ4v) is 4.63. The third-order valence-electron chi connectivity index (χ3n) is 5.62. The van der Waals surface area contributed by atoms with Crippen molar-refractivity contribution in [3.63, 3.8) is 0 Å². The number of hydrogen-bond acceptors (Lipinski definition) is 4. The molecule has 172 valence electrons. The van der Waals surface area contributed by atoms with Gasteiger partial charge in [0.05, 0.1) is 5.75 Å². The van der Waals surface area contributed by atoms with E-state index in [-0.39, 0.29) is 35.1 Å². The maximum atomic E-state index is 11.8. The highest BCUT2D eigenvalue weighted by atomic mass is 127. The van der Waals surface area contributed by atoms with Crippen molar-refractivity contribution >= 4 is 40.0 Å². The van der Waals surface area contributed by atoms with Crippen molar-refractivity contribution in [1.82, 2.24) is 15.4 Å². The Morgan fingerprint density at radius 1 is 1.20 bits per heavy atom. The zero-order chi connectivity index (χ0) is 21.2. The molecule has 3 N–H and O–H groups in total. The van der Waals surface area contributed by atoms with Crippen molar-refractivity contribution in [3.05, 3.63) is 35.4 Å². The van der Waals surface area contributed by atoms with Crippen LogP contribution in [0.3, 0.4) is 0 Å². The standard InChI is InChI=1S/C21H36N4O3S.HI/c1-4-28-13-12-21(10-5-6-11-21)17-25-20(22-2)24-15-18-8-7-9-19(14-18)16-29(26,27)23-3;/h7-9,14,23H,4-6,10-13,15-17H2,1-3H3,(H2,22,24,25);1H. The molecule has 0 heterocycles. The Bertz CT molecular complexity index is 765. The number of nitrogens with one attached hydrogen (secondary N) is 3. The summed E-state index contributed by atoms with van der Waals surface area (Å²) in [6.45, 7) is 5.09. The molecule has 0 radical (unpaired) electrons. The molecule has 1 aliphatic rings. The van der Waals surface area contributed by atoms with Crippen molar-refractivity contribution < 1.29 is 13.2 Å². The van der Waals surface area contributed by atoms with E-state index in [2.05, 4.69) is 20.3 Å². The van der Waals surface area contributed by atoms with Crippen LogP contribution in [0.15, 0.2) is 29.3 Å². The number of nitrogens with zero attached hydrogens (tertiary/aromatic N) is 1. The quantitative estimate of drug-likeness (QED) is 0.170. The normalized spacial score (nSPS) is 16.2. The van der Waals surface area contributed by atoms with E-state index in [1.165, 1.54) is 32.7 Å². The number of aliphatic imine (C=N–C) groups is 1. The third-order valence-corrected chi connectivity index (χ3v) is 6.95. The number of ether oxygens (including phenoxy) is 1. The lowest BCUT2D eigenvalue weighted by Crippen LogP contribution is -2.43. The van der Waals surface area contributed by atoms with Gasteiger partial charge in [0.25, 0.3) is 0 Å². The SMILES string of the molecule is CCOCCC1(CNC(=NC)NCc2cccc(CS(=O)(=O)NC)c2)CCCC1.I. The molecule has 1 saturated carbocycles. The molecule has 1 aliphatic carbocycles. The van der Waals surface area contributed by atoms with E-state index in [0.29, 0.717) is 6.54 Å². The first kappa shape index (κ1) is 27.1. The molecule has 0 bridgehead atoms. The molecule has 0 spiro atoms. The van der Waals surface area contributed by atoms with Crippen LogP contribution in [0.25, 0.3) is 0 Å². The molecule has 9 heteroatoms. The van der Waals surface area contributed by atoms with Gasteiger partial charge in [0.1, 0.15) is 0 Å². The summed E-state index contributed by atoms with van der Waals surface area (Å²) in [6, 6.07) is 7.61. The van der Waals surface area contributed by atoms with Crippen molar-refractivity contribution in [2.75, 3.05) is 33.9 Å². The lowest BCUT2D eigenvalue weighted by atomic mass is 9.83. The van der Waals surface area contributed by atoms with E-state index < -0.39 is 10.0 Å². The number of rotatable bonds is 11. The zero-order valence-corrected chi connectivity index (χ0v) is 21.5. The van der Waals surface area contributed by atoms with Gasteiger partial charge in [-0.2, -0.15) is 0 Å². The predicted molar refractivity (Wildman–Crippen MR) is 134 cm³/mol. The van der Waals surface area contributed by atoms with Crippen molar-refractivity contribution in [3.8, 4) is 0 Å².